The van der Waals surface area contributed by atoms with Crippen LogP contribution in [0.4, 0.5) is 13.9 Å². The van der Waals surface area contributed by atoms with Gasteiger partial charge in [-0.3, -0.25) is 10.1 Å². The van der Waals surface area contributed by atoms with Crippen LogP contribution >= 0.6 is 69.3 Å². The summed E-state index contributed by atoms with van der Waals surface area (Å²) in [4.78, 5) is 16.9. The predicted molar refractivity (Wildman–Crippen MR) is 137 cm³/mol. The number of furan rings is 1. The van der Waals surface area contributed by atoms with Crippen molar-refractivity contribution in [2.24, 2.45) is 0 Å². The van der Waals surface area contributed by atoms with Gasteiger partial charge in [-0.15, -0.1) is 11.3 Å². The second-order valence-corrected chi connectivity index (χ2v) is 9.60. The molecule has 0 saturated carbocycles. The normalized spacial score (nSPS) is 11.1. The van der Waals surface area contributed by atoms with Gasteiger partial charge in [0.15, 0.2) is 16.6 Å². The number of aromatic nitrogens is 1. The average Bonchev–Trinajstić information content (AvgIpc) is 3.52. The van der Waals surface area contributed by atoms with Crippen molar-refractivity contribution in [1.29, 1.82) is 0 Å². The minimum Gasteiger partial charge on any atom is -0.482 e. The van der Waals surface area contributed by atoms with Crippen molar-refractivity contribution >= 4 is 80.4 Å². The Balaban J connectivity index is 1.39. The number of halogens is 7. The van der Waals surface area contributed by atoms with E-state index in [2.05, 4.69) is 15.0 Å². The van der Waals surface area contributed by atoms with Crippen molar-refractivity contribution in [1.82, 2.24) is 4.98 Å². The quantitative estimate of drug-likeness (QED) is 0.158. The number of nitrogens with zero attached hydrogens (tertiary/aromatic N) is 1. The highest BCUT2D eigenvalue weighted by atomic mass is 35.5. The number of nitrogens with one attached hydrogen (secondary N) is 1. The minimum atomic E-state index is -2.91. The van der Waals surface area contributed by atoms with Crippen molar-refractivity contribution in [3.05, 3.63) is 78.4 Å². The molecular weight excluding hydrogens is 604 g/mol. The predicted octanol–water partition coefficient (Wildman–Crippen LogP) is 9.10. The summed E-state index contributed by atoms with van der Waals surface area (Å²) in [5.41, 5.74) is 1.20. The van der Waals surface area contributed by atoms with Crippen LogP contribution in [0.15, 0.2) is 46.2 Å². The van der Waals surface area contributed by atoms with E-state index in [0.717, 1.165) is 0 Å². The van der Waals surface area contributed by atoms with Gasteiger partial charge in [0.1, 0.15) is 28.2 Å². The number of hydrogen-bond donors (Lipinski definition) is 1. The number of ether oxygens (including phenoxy) is 2. The highest BCUT2D eigenvalue weighted by Crippen LogP contribution is 2.48. The Morgan fingerprint density at radius 2 is 1.61 bits per heavy atom. The van der Waals surface area contributed by atoms with Gasteiger partial charge in [-0.05, 0) is 36.4 Å². The molecule has 2 aromatic carbocycles. The largest absolute Gasteiger partial charge is 0.482 e. The lowest BCUT2D eigenvalue weighted by molar-refractivity contribution is -0.0498. The first-order valence-electron chi connectivity index (χ1n) is 9.69. The topological polar surface area (TPSA) is 73.6 Å². The molecule has 0 bridgehead atoms. The van der Waals surface area contributed by atoms with Crippen LogP contribution in [-0.4, -0.2) is 17.5 Å². The first-order chi connectivity index (χ1) is 17.1. The van der Waals surface area contributed by atoms with Gasteiger partial charge in [0.2, 0.25) is 0 Å². The summed E-state index contributed by atoms with van der Waals surface area (Å²) in [5, 5.41) is 4.58. The molecule has 1 N–H and O–H groups in total. The Morgan fingerprint density at radius 1 is 0.972 bits per heavy atom. The molecule has 0 atom stereocenters. The van der Waals surface area contributed by atoms with Crippen LogP contribution in [-0.2, 0) is 6.61 Å². The third-order valence-corrected chi connectivity index (χ3v) is 7.51. The summed E-state index contributed by atoms with van der Waals surface area (Å²) in [6, 6.07) is 8.95. The van der Waals surface area contributed by atoms with E-state index in [1.165, 1.54) is 35.6 Å². The third kappa shape index (κ3) is 5.99. The molecule has 2 heterocycles. The van der Waals surface area contributed by atoms with Gasteiger partial charge in [0.05, 0.1) is 20.8 Å². The highest BCUT2D eigenvalue weighted by Gasteiger charge is 2.21. The van der Waals surface area contributed by atoms with Gasteiger partial charge in [-0.25, -0.2) is 4.98 Å². The van der Waals surface area contributed by atoms with Gasteiger partial charge in [0, 0.05) is 10.9 Å². The first-order valence-corrected chi connectivity index (χ1v) is 12.5. The average molecular weight is 615 g/mol. The molecule has 0 spiro atoms. The lowest BCUT2D eigenvalue weighted by Crippen LogP contribution is -2.10. The van der Waals surface area contributed by atoms with Gasteiger partial charge >= 0.3 is 6.61 Å². The van der Waals surface area contributed by atoms with E-state index in [4.69, 9.17) is 67.2 Å². The van der Waals surface area contributed by atoms with Crippen LogP contribution in [0.2, 0.25) is 25.1 Å². The Morgan fingerprint density at radius 3 is 2.25 bits per heavy atom. The van der Waals surface area contributed by atoms with Crippen LogP contribution in [0.1, 0.15) is 16.3 Å². The van der Waals surface area contributed by atoms with E-state index in [-0.39, 0.29) is 49.0 Å². The zero-order valence-electron chi connectivity index (χ0n) is 17.5. The molecule has 4 rings (SSSR count). The maximum atomic E-state index is 12.6. The van der Waals surface area contributed by atoms with E-state index >= 15 is 0 Å². The van der Waals surface area contributed by atoms with E-state index in [0.29, 0.717) is 22.1 Å². The molecule has 0 fully saturated rings. The van der Waals surface area contributed by atoms with Gasteiger partial charge in [-0.2, -0.15) is 8.78 Å². The molecule has 1 amide bonds. The van der Waals surface area contributed by atoms with Crippen LogP contribution in [0.5, 0.6) is 11.5 Å². The number of thiazole rings is 1. The number of benzene rings is 2. The molecule has 0 aliphatic rings. The SMILES string of the molecule is O=C(Nc1nc(-c2ccc(OC(F)F)cc2)cs1)c1ccc(COc2c(Cl)c(Cl)c(Cl)c(Cl)c2Cl)o1. The van der Waals surface area contributed by atoms with Crippen LogP contribution in [0.3, 0.4) is 0 Å². The fourth-order valence-electron chi connectivity index (χ4n) is 2.86. The van der Waals surface area contributed by atoms with E-state index in [1.54, 1.807) is 17.5 Å². The summed E-state index contributed by atoms with van der Waals surface area (Å²) in [5.74, 6) is -0.203. The molecule has 0 aliphatic carbocycles. The van der Waals surface area contributed by atoms with Gasteiger partial charge < -0.3 is 13.9 Å². The number of anilines is 1. The molecule has 14 heteroatoms. The van der Waals surface area contributed by atoms with E-state index < -0.39 is 12.5 Å². The Labute approximate surface area is 231 Å². The van der Waals surface area contributed by atoms with Crippen LogP contribution in [0.25, 0.3) is 11.3 Å². The fourth-order valence-corrected chi connectivity index (χ4v) is 4.81. The second kappa shape index (κ2) is 11.4. The molecule has 0 saturated heterocycles. The number of carbonyl (C=O) groups is 1. The van der Waals surface area contributed by atoms with E-state index in [9.17, 15) is 13.6 Å². The molecule has 6 nitrogen and oxygen atoms in total. The highest BCUT2D eigenvalue weighted by molar-refractivity contribution is 7.14. The van der Waals surface area contributed by atoms with Gasteiger partial charge in [0.25, 0.3) is 5.91 Å². The number of alkyl halides is 2. The number of amides is 1. The molecule has 2 aromatic heterocycles. The smallest absolute Gasteiger partial charge is 0.387 e. The molecule has 188 valence electrons. The van der Waals surface area contributed by atoms with Gasteiger partial charge in [-0.1, -0.05) is 58.0 Å². The molecular formula is C22H11Cl5F2N2O4S. The summed E-state index contributed by atoms with van der Waals surface area (Å²) in [6.45, 7) is -3.04. The third-order valence-electron chi connectivity index (χ3n) is 4.51. The van der Waals surface area contributed by atoms with Crippen molar-refractivity contribution < 1.29 is 27.5 Å². The molecule has 36 heavy (non-hydrogen) atoms. The van der Waals surface area contributed by atoms with Crippen molar-refractivity contribution in [2.45, 2.75) is 13.2 Å². The minimum absolute atomic E-state index is 0.000698. The number of carbonyl (C=O) groups excluding carboxylic acids is 1. The summed E-state index contributed by atoms with van der Waals surface area (Å²) < 4.78 is 40.0. The zero-order chi connectivity index (χ0) is 26.0. The first kappa shape index (κ1) is 26.8. The maximum absolute atomic E-state index is 12.6. The molecule has 0 aliphatic heterocycles. The van der Waals surface area contributed by atoms with Crippen molar-refractivity contribution in [2.75, 3.05) is 5.32 Å². The van der Waals surface area contributed by atoms with Crippen LogP contribution in [0, 0.1) is 0 Å². The summed E-state index contributed by atoms with van der Waals surface area (Å²) in [6.07, 6.45) is 0. The number of hydrogen-bond acceptors (Lipinski definition) is 6. The van der Waals surface area contributed by atoms with Crippen LogP contribution < -0.4 is 14.8 Å². The lowest BCUT2D eigenvalue weighted by Gasteiger charge is -2.12. The standard InChI is InChI=1S/C22H11Cl5F2N2O4S/c23-14-15(24)17(26)19(18(27)16(14)25)33-7-11-5-6-13(34-11)20(32)31-22-30-12(8-36-22)9-1-3-10(4-2-9)35-21(28)29/h1-6,8,21H,7H2,(H,30,31,32). The summed E-state index contributed by atoms with van der Waals surface area (Å²) in [7, 11) is 0. The Kier molecular flexibility index (Phi) is 8.49. The zero-order valence-corrected chi connectivity index (χ0v) is 22.1. The Hall–Kier alpha value is -2.27. The van der Waals surface area contributed by atoms with Crippen molar-refractivity contribution in [3.63, 3.8) is 0 Å². The fraction of sp³-hybridized carbons (Fsp3) is 0.0909. The molecule has 4 aromatic rings. The summed E-state index contributed by atoms with van der Waals surface area (Å²) >= 11 is 31.5. The Bertz CT molecular complexity index is 1380. The molecule has 0 unspecified atom stereocenters. The second-order valence-electron chi connectivity index (χ2n) is 6.85. The number of rotatable bonds is 8. The maximum Gasteiger partial charge on any atom is 0.387 e. The van der Waals surface area contributed by atoms with E-state index in [1.807, 2.05) is 0 Å². The lowest BCUT2D eigenvalue weighted by atomic mass is 10.2. The monoisotopic (exact) mass is 612 g/mol. The van der Waals surface area contributed by atoms with Crippen molar-refractivity contribution in [3.8, 4) is 22.8 Å². The molecule has 0 radical (unpaired) electrons.